The van der Waals surface area contributed by atoms with Crippen molar-refractivity contribution in [3.05, 3.63) is 44.4 Å². The number of rotatable bonds is 5. The van der Waals surface area contributed by atoms with Crippen molar-refractivity contribution in [3.63, 3.8) is 0 Å². The predicted octanol–water partition coefficient (Wildman–Crippen LogP) is 4.98. The average molecular weight is 443 g/mol. The Morgan fingerprint density at radius 2 is 1.96 bits per heavy atom. The topological polar surface area (TPSA) is 42.4 Å². The van der Waals surface area contributed by atoms with Gasteiger partial charge in [0.1, 0.15) is 18.0 Å². The van der Waals surface area contributed by atoms with E-state index < -0.39 is 5.60 Å². The molecule has 1 aromatic heterocycles. The fourth-order valence-electron chi connectivity index (χ4n) is 3.43. The lowest BCUT2D eigenvalue weighted by atomic mass is 9.64. The van der Waals surface area contributed by atoms with Gasteiger partial charge in [-0.15, -0.1) is 11.3 Å². The first kappa shape index (κ1) is 17.2. The van der Waals surface area contributed by atoms with Gasteiger partial charge in [-0.05, 0) is 59.7 Å². The number of halogens is 1. The largest absolute Gasteiger partial charge is 0.490 e. The van der Waals surface area contributed by atoms with Gasteiger partial charge in [0.05, 0.1) is 10.4 Å². The van der Waals surface area contributed by atoms with Crippen LogP contribution in [0.25, 0.3) is 0 Å². The summed E-state index contributed by atoms with van der Waals surface area (Å²) in [6, 6.07) is 7.95. The highest BCUT2D eigenvalue weighted by Crippen LogP contribution is 2.50. The van der Waals surface area contributed by atoms with Crippen LogP contribution in [0.15, 0.2) is 36.0 Å². The zero-order chi connectivity index (χ0) is 16.3. The van der Waals surface area contributed by atoms with E-state index in [0.717, 1.165) is 23.5 Å². The summed E-state index contributed by atoms with van der Waals surface area (Å²) in [7, 11) is 0. The van der Waals surface area contributed by atoms with E-state index in [1.807, 2.05) is 24.3 Å². The van der Waals surface area contributed by atoms with Crippen LogP contribution in [0.2, 0.25) is 0 Å². The minimum absolute atomic E-state index is 0.166. The maximum atomic E-state index is 11.6. The molecular formula is C18H22INO2S. The Balaban J connectivity index is 1.85. The van der Waals surface area contributed by atoms with Crippen molar-refractivity contribution in [1.29, 1.82) is 0 Å². The Morgan fingerprint density at radius 3 is 2.57 bits per heavy atom. The molecule has 1 atom stereocenters. The second-order valence-electron chi connectivity index (χ2n) is 6.59. The smallest absolute Gasteiger partial charge is 0.139 e. The molecule has 1 aliphatic carbocycles. The zero-order valence-electron chi connectivity index (χ0n) is 13.3. The maximum absolute atomic E-state index is 11.6. The lowest BCUT2D eigenvalue weighted by Crippen LogP contribution is -2.49. The first-order valence-electron chi connectivity index (χ1n) is 8.03. The van der Waals surface area contributed by atoms with Crippen molar-refractivity contribution in [2.75, 3.05) is 6.61 Å². The second-order valence-corrected chi connectivity index (χ2v) is 8.72. The van der Waals surface area contributed by atoms with Gasteiger partial charge in [-0.3, -0.25) is 4.98 Å². The summed E-state index contributed by atoms with van der Waals surface area (Å²) >= 11 is 3.79. The molecule has 23 heavy (non-hydrogen) atoms. The molecule has 0 amide bonds. The van der Waals surface area contributed by atoms with Crippen LogP contribution < -0.4 is 4.74 Å². The standard InChI is InChI=1S/C18H22INO2S/c1-17(9-3-2-4-10-17)18(21,16-11-20-13-23-16)12-22-15-7-5-14(19)6-8-15/h5-8,11,13,21H,2-4,9-10,12H2,1H3. The van der Waals surface area contributed by atoms with Gasteiger partial charge in [-0.1, -0.05) is 26.2 Å². The number of hydrogen-bond donors (Lipinski definition) is 1. The van der Waals surface area contributed by atoms with Gasteiger partial charge < -0.3 is 9.84 Å². The fourth-order valence-corrected chi connectivity index (χ4v) is 4.64. The Morgan fingerprint density at radius 1 is 1.26 bits per heavy atom. The molecule has 1 saturated carbocycles. The summed E-state index contributed by atoms with van der Waals surface area (Å²) in [5.41, 5.74) is 0.635. The Hall–Kier alpha value is -0.660. The third-order valence-corrected chi connectivity index (χ3v) is 6.70. The molecule has 5 heteroatoms. The fraction of sp³-hybridized carbons (Fsp3) is 0.500. The lowest BCUT2D eigenvalue weighted by Gasteiger charge is -2.46. The molecule has 124 valence electrons. The van der Waals surface area contributed by atoms with Crippen LogP contribution in [0.5, 0.6) is 5.75 Å². The van der Waals surface area contributed by atoms with Gasteiger partial charge in [-0.25, -0.2) is 0 Å². The van der Waals surface area contributed by atoms with E-state index in [9.17, 15) is 5.11 Å². The molecule has 0 saturated heterocycles. The van der Waals surface area contributed by atoms with Crippen molar-refractivity contribution in [2.24, 2.45) is 5.41 Å². The summed E-state index contributed by atoms with van der Waals surface area (Å²) in [5, 5.41) is 11.6. The zero-order valence-corrected chi connectivity index (χ0v) is 16.3. The van der Waals surface area contributed by atoms with Gasteiger partial charge >= 0.3 is 0 Å². The van der Waals surface area contributed by atoms with E-state index in [-0.39, 0.29) is 12.0 Å². The number of ether oxygens (including phenoxy) is 1. The summed E-state index contributed by atoms with van der Waals surface area (Å²) < 4.78 is 7.17. The second kappa shape index (κ2) is 7.07. The average Bonchev–Trinajstić information content (AvgIpc) is 3.09. The van der Waals surface area contributed by atoms with E-state index >= 15 is 0 Å². The van der Waals surface area contributed by atoms with E-state index in [0.29, 0.717) is 0 Å². The molecule has 0 spiro atoms. The van der Waals surface area contributed by atoms with Gasteiger partial charge in [-0.2, -0.15) is 0 Å². The number of thiazole rings is 1. The van der Waals surface area contributed by atoms with E-state index in [4.69, 9.17) is 4.74 Å². The Bertz CT molecular complexity index is 623. The van der Waals surface area contributed by atoms with Crippen LogP contribution in [0.3, 0.4) is 0 Å². The highest BCUT2D eigenvalue weighted by atomic mass is 127. The van der Waals surface area contributed by atoms with Crippen molar-refractivity contribution >= 4 is 33.9 Å². The van der Waals surface area contributed by atoms with Gasteiger partial charge in [0.2, 0.25) is 0 Å². The van der Waals surface area contributed by atoms with E-state index in [1.54, 1.807) is 11.7 Å². The van der Waals surface area contributed by atoms with Crippen molar-refractivity contribution in [3.8, 4) is 5.75 Å². The van der Waals surface area contributed by atoms with Gasteiger partial charge in [0.25, 0.3) is 0 Å². The Labute approximate surface area is 155 Å². The minimum Gasteiger partial charge on any atom is -0.490 e. The maximum Gasteiger partial charge on any atom is 0.139 e. The van der Waals surface area contributed by atoms with Crippen LogP contribution >= 0.6 is 33.9 Å². The molecule has 2 aromatic rings. The number of benzene rings is 1. The van der Waals surface area contributed by atoms with Crippen LogP contribution in [0.4, 0.5) is 0 Å². The van der Waals surface area contributed by atoms with E-state index in [1.165, 1.54) is 34.2 Å². The molecule has 1 fully saturated rings. The molecule has 0 bridgehead atoms. The number of aromatic nitrogens is 1. The molecule has 0 radical (unpaired) electrons. The quantitative estimate of drug-likeness (QED) is 0.663. The normalized spacial score (nSPS) is 20.0. The van der Waals surface area contributed by atoms with Crippen LogP contribution in [0, 0.1) is 8.99 Å². The van der Waals surface area contributed by atoms with Crippen LogP contribution in [-0.2, 0) is 5.60 Å². The van der Waals surface area contributed by atoms with Crippen molar-refractivity contribution < 1.29 is 9.84 Å². The number of nitrogens with zero attached hydrogens (tertiary/aromatic N) is 1. The van der Waals surface area contributed by atoms with Gasteiger partial charge in [0.15, 0.2) is 0 Å². The summed E-state index contributed by atoms with van der Waals surface area (Å²) in [6.07, 6.45) is 7.44. The monoisotopic (exact) mass is 443 g/mol. The summed E-state index contributed by atoms with van der Waals surface area (Å²) in [4.78, 5) is 5.09. The van der Waals surface area contributed by atoms with Crippen LogP contribution in [-0.4, -0.2) is 16.7 Å². The molecule has 1 heterocycles. The lowest BCUT2D eigenvalue weighted by molar-refractivity contribution is -0.123. The molecule has 1 aromatic carbocycles. The predicted molar refractivity (Wildman–Crippen MR) is 102 cm³/mol. The summed E-state index contributed by atoms with van der Waals surface area (Å²) in [6.45, 7) is 2.47. The van der Waals surface area contributed by atoms with Crippen molar-refractivity contribution in [1.82, 2.24) is 4.98 Å². The summed E-state index contributed by atoms with van der Waals surface area (Å²) in [5.74, 6) is 0.799. The molecule has 0 aliphatic heterocycles. The molecule has 1 N–H and O–H groups in total. The molecular weight excluding hydrogens is 421 g/mol. The highest BCUT2D eigenvalue weighted by molar-refractivity contribution is 14.1. The van der Waals surface area contributed by atoms with Crippen molar-refractivity contribution in [2.45, 2.75) is 44.6 Å². The first-order chi connectivity index (χ1) is 11.0. The molecule has 1 unspecified atom stereocenters. The highest BCUT2D eigenvalue weighted by Gasteiger charge is 2.50. The first-order valence-corrected chi connectivity index (χ1v) is 9.99. The minimum atomic E-state index is -0.989. The molecule has 1 aliphatic rings. The van der Waals surface area contributed by atoms with Gasteiger partial charge in [0, 0.05) is 15.2 Å². The third-order valence-electron chi connectivity index (χ3n) is 5.06. The number of hydrogen-bond acceptors (Lipinski definition) is 4. The van der Waals surface area contributed by atoms with E-state index in [2.05, 4.69) is 34.5 Å². The molecule has 3 nitrogen and oxygen atoms in total. The Kier molecular flexibility index (Phi) is 5.28. The van der Waals surface area contributed by atoms with Crippen LogP contribution in [0.1, 0.15) is 43.9 Å². The SMILES string of the molecule is CC1(C(O)(COc2ccc(I)cc2)c2cncs2)CCCCC1. The molecule has 3 rings (SSSR count). The third kappa shape index (κ3) is 3.56. The number of aliphatic hydroxyl groups is 1.